The van der Waals surface area contributed by atoms with Crippen molar-refractivity contribution in [3.8, 4) is 11.5 Å². The summed E-state index contributed by atoms with van der Waals surface area (Å²) in [6.45, 7) is 0.0838. The Morgan fingerprint density at radius 3 is 2.61 bits per heavy atom. The molecule has 0 aromatic heterocycles. The first-order chi connectivity index (χ1) is 11.2. The van der Waals surface area contributed by atoms with E-state index in [0.717, 1.165) is 5.56 Å². The number of hydrogen-bond acceptors (Lipinski definition) is 4. The van der Waals surface area contributed by atoms with Crippen molar-refractivity contribution in [2.45, 2.75) is 12.5 Å². The van der Waals surface area contributed by atoms with Gasteiger partial charge in [-0.1, -0.05) is 36.4 Å². The van der Waals surface area contributed by atoms with Crippen molar-refractivity contribution in [3.05, 3.63) is 60.2 Å². The van der Waals surface area contributed by atoms with Crippen molar-refractivity contribution < 1.29 is 19.4 Å². The highest BCUT2D eigenvalue weighted by molar-refractivity contribution is 5.77. The van der Waals surface area contributed by atoms with Gasteiger partial charge in [-0.25, -0.2) is 0 Å². The number of methoxy groups -OCH3 is 1. The second-order valence-electron chi connectivity index (χ2n) is 5.12. The van der Waals surface area contributed by atoms with Crippen LogP contribution in [-0.4, -0.2) is 37.4 Å². The predicted molar refractivity (Wildman–Crippen MR) is 87.7 cm³/mol. The van der Waals surface area contributed by atoms with Gasteiger partial charge in [0, 0.05) is 19.0 Å². The third kappa shape index (κ3) is 6.00. The number of benzene rings is 2. The Kier molecular flexibility index (Phi) is 6.44. The molecule has 122 valence electrons. The average molecular weight is 315 g/mol. The van der Waals surface area contributed by atoms with Crippen molar-refractivity contribution in [1.82, 2.24) is 5.32 Å². The normalized spacial score (nSPS) is 11.6. The number of carbonyl (C=O) groups is 1. The average Bonchev–Trinajstić information content (AvgIpc) is 2.59. The van der Waals surface area contributed by atoms with Crippen molar-refractivity contribution in [2.24, 2.45) is 0 Å². The minimum absolute atomic E-state index is 0.106. The minimum atomic E-state index is -0.627. The number of rotatable bonds is 8. The molecule has 23 heavy (non-hydrogen) atoms. The first-order valence-corrected chi connectivity index (χ1v) is 7.43. The summed E-state index contributed by atoms with van der Waals surface area (Å²) in [6.07, 6.45) is -0.129. The van der Waals surface area contributed by atoms with Crippen molar-refractivity contribution in [1.29, 1.82) is 0 Å². The molecule has 0 spiro atoms. The van der Waals surface area contributed by atoms with Gasteiger partial charge in [0.25, 0.3) is 5.91 Å². The molecule has 0 aliphatic rings. The number of aliphatic hydroxyl groups excluding tert-OH is 1. The molecule has 1 amide bonds. The van der Waals surface area contributed by atoms with Gasteiger partial charge < -0.3 is 19.9 Å². The van der Waals surface area contributed by atoms with Crippen LogP contribution >= 0.6 is 0 Å². The Hall–Kier alpha value is -2.53. The number of hydrogen-bond donors (Lipinski definition) is 2. The van der Waals surface area contributed by atoms with E-state index in [1.54, 1.807) is 31.4 Å². The first kappa shape index (κ1) is 16.8. The van der Waals surface area contributed by atoms with E-state index in [0.29, 0.717) is 17.9 Å². The lowest BCUT2D eigenvalue weighted by atomic mass is 10.1. The summed E-state index contributed by atoms with van der Waals surface area (Å²) < 4.78 is 10.5. The Morgan fingerprint density at radius 1 is 1.13 bits per heavy atom. The Bertz CT molecular complexity index is 615. The highest BCUT2D eigenvalue weighted by Crippen LogP contribution is 2.18. The Balaban J connectivity index is 1.70. The quantitative estimate of drug-likeness (QED) is 0.779. The maximum atomic E-state index is 11.7. The smallest absolute Gasteiger partial charge is 0.258 e. The molecule has 5 heteroatoms. The zero-order chi connectivity index (χ0) is 16.5. The molecular formula is C18H21NO4. The fourth-order valence-corrected chi connectivity index (χ4v) is 2.08. The molecule has 0 saturated heterocycles. The molecule has 1 atom stereocenters. The number of amides is 1. The van der Waals surface area contributed by atoms with Gasteiger partial charge in [-0.3, -0.25) is 4.79 Å². The van der Waals surface area contributed by atoms with Crippen LogP contribution in [0.4, 0.5) is 0 Å². The summed E-state index contributed by atoms with van der Waals surface area (Å²) in [5.74, 6) is 0.949. The molecular weight excluding hydrogens is 294 g/mol. The molecule has 0 radical (unpaired) electrons. The number of nitrogens with one attached hydrogen (secondary N) is 1. The van der Waals surface area contributed by atoms with Crippen LogP contribution in [0, 0.1) is 0 Å². The van der Waals surface area contributed by atoms with E-state index in [1.807, 2.05) is 30.3 Å². The number of ether oxygens (including phenoxy) is 2. The van der Waals surface area contributed by atoms with Crippen LogP contribution < -0.4 is 14.8 Å². The lowest BCUT2D eigenvalue weighted by molar-refractivity contribution is -0.123. The highest BCUT2D eigenvalue weighted by atomic mass is 16.5. The molecule has 5 nitrogen and oxygen atoms in total. The summed E-state index contributed by atoms with van der Waals surface area (Å²) in [5, 5.41) is 12.6. The van der Waals surface area contributed by atoms with E-state index in [2.05, 4.69) is 5.32 Å². The van der Waals surface area contributed by atoms with Gasteiger partial charge in [0.05, 0.1) is 13.2 Å². The Morgan fingerprint density at radius 2 is 1.87 bits per heavy atom. The van der Waals surface area contributed by atoms with Crippen LogP contribution in [-0.2, 0) is 11.2 Å². The van der Waals surface area contributed by atoms with Crippen LogP contribution in [0.3, 0.4) is 0 Å². The molecule has 0 bridgehead atoms. The van der Waals surface area contributed by atoms with Crippen LogP contribution in [0.1, 0.15) is 5.56 Å². The van der Waals surface area contributed by atoms with E-state index < -0.39 is 6.10 Å². The molecule has 0 fully saturated rings. The van der Waals surface area contributed by atoms with Gasteiger partial charge in [-0.2, -0.15) is 0 Å². The molecule has 1 unspecified atom stereocenters. The van der Waals surface area contributed by atoms with Crippen molar-refractivity contribution in [3.63, 3.8) is 0 Å². The molecule has 0 aliphatic heterocycles. The van der Waals surface area contributed by atoms with Gasteiger partial charge in [-0.15, -0.1) is 0 Å². The van der Waals surface area contributed by atoms with E-state index in [9.17, 15) is 9.90 Å². The fraction of sp³-hybridized carbons (Fsp3) is 0.278. The Labute approximate surface area is 135 Å². The van der Waals surface area contributed by atoms with Gasteiger partial charge in [0.1, 0.15) is 11.5 Å². The van der Waals surface area contributed by atoms with Crippen molar-refractivity contribution >= 4 is 5.91 Å². The third-order valence-electron chi connectivity index (χ3n) is 3.26. The van der Waals surface area contributed by atoms with Gasteiger partial charge in [0.2, 0.25) is 0 Å². The van der Waals surface area contributed by atoms with Gasteiger partial charge in [0.15, 0.2) is 6.61 Å². The fourth-order valence-electron chi connectivity index (χ4n) is 2.08. The summed E-state index contributed by atoms with van der Waals surface area (Å²) >= 11 is 0. The third-order valence-corrected chi connectivity index (χ3v) is 3.26. The number of aliphatic hydroxyl groups is 1. The molecule has 2 N–H and O–H groups in total. The second kappa shape index (κ2) is 8.80. The lowest BCUT2D eigenvalue weighted by Crippen LogP contribution is -2.36. The molecule has 2 aromatic rings. The van der Waals surface area contributed by atoms with Crippen LogP contribution in [0.5, 0.6) is 11.5 Å². The predicted octanol–water partition coefficient (Wildman–Crippen LogP) is 1.79. The van der Waals surface area contributed by atoms with Crippen molar-refractivity contribution in [2.75, 3.05) is 20.3 Å². The summed E-state index contributed by atoms with van der Waals surface area (Å²) in [4.78, 5) is 11.7. The van der Waals surface area contributed by atoms with Crippen LogP contribution in [0.2, 0.25) is 0 Å². The molecule has 0 aliphatic carbocycles. The monoisotopic (exact) mass is 315 g/mol. The topological polar surface area (TPSA) is 67.8 Å². The van der Waals surface area contributed by atoms with E-state index in [-0.39, 0.29) is 19.1 Å². The zero-order valence-electron chi connectivity index (χ0n) is 13.1. The van der Waals surface area contributed by atoms with Gasteiger partial charge >= 0.3 is 0 Å². The largest absolute Gasteiger partial charge is 0.497 e. The summed E-state index contributed by atoms with van der Waals surface area (Å²) in [6, 6.07) is 16.7. The first-order valence-electron chi connectivity index (χ1n) is 7.43. The molecule has 2 rings (SSSR count). The molecule has 2 aromatic carbocycles. The number of carbonyl (C=O) groups excluding carboxylic acids is 1. The lowest BCUT2D eigenvalue weighted by Gasteiger charge is -2.12. The maximum Gasteiger partial charge on any atom is 0.258 e. The van der Waals surface area contributed by atoms with E-state index >= 15 is 0 Å². The van der Waals surface area contributed by atoms with E-state index in [1.165, 1.54) is 0 Å². The molecule has 0 heterocycles. The summed E-state index contributed by atoms with van der Waals surface area (Å²) in [5.41, 5.74) is 1.03. The standard InChI is InChI=1S/C18H21NO4/c1-22-16-8-5-9-17(11-16)23-13-18(21)19-12-15(20)10-14-6-3-2-4-7-14/h2-9,11,15,20H,10,12-13H2,1H3,(H,19,21). The SMILES string of the molecule is COc1cccc(OCC(=O)NCC(O)Cc2ccccc2)c1. The van der Waals surface area contributed by atoms with Crippen LogP contribution in [0.15, 0.2) is 54.6 Å². The van der Waals surface area contributed by atoms with Gasteiger partial charge in [-0.05, 0) is 17.7 Å². The maximum absolute atomic E-state index is 11.7. The van der Waals surface area contributed by atoms with E-state index in [4.69, 9.17) is 9.47 Å². The zero-order valence-corrected chi connectivity index (χ0v) is 13.1. The second-order valence-corrected chi connectivity index (χ2v) is 5.12. The highest BCUT2D eigenvalue weighted by Gasteiger charge is 2.09. The summed E-state index contributed by atoms with van der Waals surface area (Å²) in [7, 11) is 1.57. The molecule has 0 saturated carbocycles. The van der Waals surface area contributed by atoms with Crippen LogP contribution in [0.25, 0.3) is 0 Å². The minimum Gasteiger partial charge on any atom is -0.497 e.